The fourth-order valence-corrected chi connectivity index (χ4v) is 1.91. The minimum atomic E-state index is -0.267. The van der Waals surface area contributed by atoms with Crippen molar-refractivity contribution in [3.05, 3.63) is 29.6 Å². The lowest BCUT2D eigenvalue weighted by atomic mass is 10.2. The molecular weight excluding hydrogens is 331 g/mol. The van der Waals surface area contributed by atoms with E-state index >= 15 is 0 Å². The maximum Gasteiger partial charge on any atom is 0.123 e. The fourth-order valence-electron chi connectivity index (χ4n) is 1.47. The quantitative estimate of drug-likeness (QED) is 0.454. The van der Waals surface area contributed by atoms with Crippen LogP contribution in [0.25, 0.3) is 0 Å². The third kappa shape index (κ3) is 7.19. The van der Waals surface area contributed by atoms with Crippen molar-refractivity contribution >= 4 is 15.9 Å². The first-order valence-electron chi connectivity index (χ1n) is 6.39. The van der Waals surface area contributed by atoms with Crippen molar-refractivity contribution in [2.24, 2.45) is 0 Å². The molecule has 20 heavy (non-hydrogen) atoms. The topological polar surface area (TPSA) is 36.9 Å². The predicted molar refractivity (Wildman–Crippen MR) is 78.0 cm³/mol. The van der Waals surface area contributed by atoms with Crippen molar-refractivity contribution in [1.82, 2.24) is 0 Å². The number of rotatable bonds is 11. The van der Waals surface area contributed by atoms with Crippen LogP contribution in [0.15, 0.2) is 18.2 Å². The monoisotopic (exact) mass is 350 g/mol. The summed E-state index contributed by atoms with van der Waals surface area (Å²) in [6.45, 7) is 3.09. The molecule has 0 aliphatic heterocycles. The summed E-state index contributed by atoms with van der Waals surface area (Å²) in [6.07, 6.45) is 0. The molecule has 0 atom stereocenters. The highest BCUT2D eigenvalue weighted by Crippen LogP contribution is 2.22. The van der Waals surface area contributed by atoms with Crippen LogP contribution in [0.1, 0.15) is 5.56 Å². The number of hydrogen-bond acceptors (Lipinski definition) is 4. The van der Waals surface area contributed by atoms with Crippen LogP contribution in [0.5, 0.6) is 5.75 Å². The molecule has 0 unspecified atom stereocenters. The summed E-state index contributed by atoms with van der Waals surface area (Å²) >= 11 is 3.30. The Kier molecular flexibility index (Phi) is 9.57. The molecule has 0 aliphatic carbocycles. The van der Waals surface area contributed by atoms with Gasteiger partial charge in [0.2, 0.25) is 0 Å². The molecule has 114 valence electrons. The van der Waals surface area contributed by atoms with E-state index in [-0.39, 0.29) is 5.82 Å². The van der Waals surface area contributed by atoms with Crippen LogP contribution in [0.4, 0.5) is 4.39 Å². The van der Waals surface area contributed by atoms with Gasteiger partial charge in [0.25, 0.3) is 0 Å². The fraction of sp³-hybridized carbons (Fsp3) is 0.571. The SMILES string of the molecule is COCCOCCOCCOc1ccc(F)cc1CBr. The molecule has 0 saturated heterocycles. The molecule has 0 fully saturated rings. The Morgan fingerprint density at radius 1 is 1.00 bits per heavy atom. The average Bonchev–Trinajstić information content (AvgIpc) is 2.46. The third-order valence-corrected chi connectivity index (χ3v) is 3.06. The first kappa shape index (κ1) is 17.4. The Morgan fingerprint density at radius 2 is 1.65 bits per heavy atom. The lowest BCUT2D eigenvalue weighted by Crippen LogP contribution is -2.12. The highest BCUT2D eigenvalue weighted by Gasteiger charge is 2.04. The van der Waals surface area contributed by atoms with Gasteiger partial charge in [0, 0.05) is 18.0 Å². The summed E-state index contributed by atoms with van der Waals surface area (Å²) in [7, 11) is 1.63. The number of hydrogen-bond donors (Lipinski definition) is 0. The van der Waals surface area contributed by atoms with Gasteiger partial charge in [-0.05, 0) is 18.2 Å². The second-order valence-corrected chi connectivity index (χ2v) is 4.51. The summed E-state index contributed by atoms with van der Waals surface area (Å²) in [5.41, 5.74) is 0.785. The van der Waals surface area contributed by atoms with Crippen molar-refractivity contribution in [2.75, 3.05) is 46.8 Å². The van der Waals surface area contributed by atoms with Crippen molar-refractivity contribution in [3.63, 3.8) is 0 Å². The van der Waals surface area contributed by atoms with Gasteiger partial charge >= 0.3 is 0 Å². The lowest BCUT2D eigenvalue weighted by molar-refractivity contribution is 0.0179. The minimum Gasteiger partial charge on any atom is -0.491 e. The van der Waals surface area contributed by atoms with Crippen LogP contribution in [-0.2, 0) is 19.5 Å². The Labute approximate surface area is 127 Å². The molecule has 0 N–H and O–H groups in total. The van der Waals surface area contributed by atoms with Crippen LogP contribution in [0.2, 0.25) is 0 Å². The van der Waals surface area contributed by atoms with E-state index in [1.165, 1.54) is 12.1 Å². The van der Waals surface area contributed by atoms with Gasteiger partial charge in [0.1, 0.15) is 18.2 Å². The van der Waals surface area contributed by atoms with Gasteiger partial charge in [0.15, 0.2) is 0 Å². The van der Waals surface area contributed by atoms with Crippen molar-refractivity contribution in [3.8, 4) is 5.75 Å². The van der Waals surface area contributed by atoms with Crippen molar-refractivity contribution in [1.29, 1.82) is 0 Å². The number of halogens is 2. The highest BCUT2D eigenvalue weighted by molar-refractivity contribution is 9.08. The zero-order chi connectivity index (χ0) is 14.6. The number of alkyl halides is 1. The molecular formula is C14H20BrFO4. The molecule has 0 aromatic heterocycles. The molecule has 0 heterocycles. The van der Waals surface area contributed by atoms with Crippen LogP contribution in [-0.4, -0.2) is 46.8 Å². The van der Waals surface area contributed by atoms with Gasteiger partial charge in [-0.3, -0.25) is 0 Å². The van der Waals surface area contributed by atoms with Crippen LogP contribution in [0, 0.1) is 5.82 Å². The summed E-state index contributed by atoms with van der Waals surface area (Å²) in [5.74, 6) is 0.402. The standard InChI is InChI=1S/C14H20BrFO4/c1-17-4-5-18-6-7-19-8-9-20-14-3-2-13(16)10-12(14)11-15/h2-3,10H,4-9,11H2,1H3. The van der Waals surface area contributed by atoms with Gasteiger partial charge in [-0.1, -0.05) is 15.9 Å². The molecule has 1 aromatic rings. The van der Waals surface area contributed by atoms with Crippen LogP contribution in [0.3, 0.4) is 0 Å². The van der Waals surface area contributed by atoms with E-state index < -0.39 is 0 Å². The average molecular weight is 351 g/mol. The van der Waals surface area contributed by atoms with Gasteiger partial charge in [-0.25, -0.2) is 4.39 Å². The maximum atomic E-state index is 13.0. The van der Waals surface area contributed by atoms with E-state index in [0.717, 1.165) is 5.56 Å². The zero-order valence-corrected chi connectivity index (χ0v) is 13.2. The predicted octanol–water partition coefficient (Wildman–Crippen LogP) is 2.78. The van der Waals surface area contributed by atoms with E-state index in [1.54, 1.807) is 13.2 Å². The summed E-state index contributed by atoms with van der Waals surface area (Å²) in [5, 5.41) is 0.550. The van der Waals surface area contributed by atoms with Crippen LogP contribution >= 0.6 is 15.9 Å². The van der Waals surface area contributed by atoms with Gasteiger partial charge < -0.3 is 18.9 Å². The number of methoxy groups -OCH3 is 1. The summed E-state index contributed by atoms with van der Waals surface area (Å²) < 4.78 is 34.0. The minimum absolute atomic E-state index is 0.267. The first-order valence-corrected chi connectivity index (χ1v) is 7.51. The third-order valence-electron chi connectivity index (χ3n) is 2.46. The number of ether oxygens (including phenoxy) is 4. The largest absolute Gasteiger partial charge is 0.491 e. The highest BCUT2D eigenvalue weighted by atomic mass is 79.9. The van der Waals surface area contributed by atoms with E-state index in [2.05, 4.69) is 15.9 Å². The second kappa shape index (κ2) is 11.0. The smallest absolute Gasteiger partial charge is 0.123 e. The molecule has 0 aliphatic rings. The Balaban J connectivity index is 2.09. The van der Waals surface area contributed by atoms with Gasteiger partial charge in [-0.15, -0.1) is 0 Å². The molecule has 0 amide bonds. The van der Waals surface area contributed by atoms with Crippen molar-refractivity contribution < 1.29 is 23.3 Å². The van der Waals surface area contributed by atoms with Gasteiger partial charge in [-0.2, -0.15) is 0 Å². The van der Waals surface area contributed by atoms with E-state index in [1.807, 2.05) is 0 Å². The summed E-state index contributed by atoms with van der Waals surface area (Å²) in [4.78, 5) is 0. The molecule has 0 radical (unpaired) electrons. The number of benzene rings is 1. The molecule has 0 bridgehead atoms. The second-order valence-electron chi connectivity index (χ2n) is 3.95. The van der Waals surface area contributed by atoms with E-state index in [9.17, 15) is 4.39 Å². The zero-order valence-electron chi connectivity index (χ0n) is 11.6. The maximum absolute atomic E-state index is 13.0. The van der Waals surface area contributed by atoms with Gasteiger partial charge in [0.05, 0.1) is 33.0 Å². The Morgan fingerprint density at radius 3 is 2.30 bits per heavy atom. The summed E-state index contributed by atoms with van der Waals surface area (Å²) in [6, 6.07) is 4.46. The van der Waals surface area contributed by atoms with E-state index in [4.69, 9.17) is 18.9 Å². The molecule has 4 nitrogen and oxygen atoms in total. The molecule has 0 spiro atoms. The molecule has 6 heteroatoms. The molecule has 1 aromatic carbocycles. The normalized spacial score (nSPS) is 10.8. The Bertz CT molecular complexity index is 376. The molecule has 0 saturated carbocycles. The molecule has 1 rings (SSSR count). The van der Waals surface area contributed by atoms with Crippen molar-refractivity contribution in [2.45, 2.75) is 5.33 Å². The van der Waals surface area contributed by atoms with E-state index in [0.29, 0.717) is 50.7 Å². The Hall–Kier alpha value is -0.690. The first-order chi connectivity index (χ1) is 9.77. The van der Waals surface area contributed by atoms with Crippen LogP contribution < -0.4 is 4.74 Å². The lowest BCUT2D eigenvalue weighted by Gasteiger charge is -2.10.